The maximum absolute atomic E-state index is 13.5. The molecule has 1 amide bonds. The summed E-state index contributed by atoms with van der Waals surface area (Å²) in [5.74, 6) is -0.996. The Labute approximate surface area is 241 Å². The Hall–Kier alpha value is -2.52. The summed E-state index contributed by atoms with van der Waals surface area (Å²) < 4.78 is 20.0. The Balaban J connectivity index is 1.40. The molecular formula is C33H43N3O5. The molecule has 1 aromatic heterocycles. The third kappa shape index (κ3) is 3.31. The van der Waals surface area contributed by atoms with Crippen molar-refractivity contribution in [2.75, 3.05) is 20.2 Å². The fraction of sp³-hybridized carbons (Fsp3) is 0.636. The molecule has 1 aromatic carbocycles. The minimum Gasteiger partial charge on any atom is -0.382 e. The van der Waals surface area contributed by atoms with Crippen molar-refractivity contribution in [1.29, 1.82) is 0 Å². The molecule has 3 heterocycles. The highest BCUT2D eigenvalue weighted by Crippen LogP contribution is 2.72. The summed E-state index contributed by atoms with van der Waals surface area (Å²) in [6.07, 6.45) is 4.74. The van der Waals surface area contributed by atoms with Crippen molar-refractivity contribution < 1.29 is 24.1 Å². The molecule has 0 radical (unpaired) electrons. The standard InChI is InChI=1S/C33H43N3O5/c1-7-14-35-26(37)18-39-25-16-19-15-21-20-10-8-9-11-22(20)36-27(21)31(19,5)30(4)12-13-32-24(33(25,30)38)17-23(34-6)28(40-32)29(2,3)41-32/h8-11,17,19,25,28,36,38H,7,12-16,18H2,1-6H3,(H,35,37)/b34-23+/t19?,25-,28?,30?,31+,32?,33-/m0/s1. The van der Waals surface area contributed by atoms with Crippen LogP contribution in [0.3, 0.4) is 0 Å². The van der Waals surface area contributed by atoms with Gasteiger partial charge in [-0.05, 0) is 63.2 Å². The van der Waals surface area contributed by atoms with Gasteiger partial charge < -0.3 is 29.6 Å². The van der Waals surface area contributed by atoms with Gasteiger partial charge in [-0.1, -0.05) is 39.0 Å². The second-order valence-corrected chi connectivity index (χ2v) is 13.8. The van der Waals surface area contributed by atoms with E-state index in [0.717, 1.165) is 24.1 Å². The predicted octanol–water partition coefficient (Wildman–Crippen LogP) is 4.35. The summed E-state index contributed by atoms with van der Waals surface area (Å²) in [6, 6.07) is 8.49. The van der Waals surface area contributed by atoms with E-state index < -0.39 is 28.5 Å². The Morgan fingerprint density at radius 2 is 2.00 bits per heavy atom. The van der Waals surface area contributed by atoms with Gasteiger partial charge in [0.15, 0.2) is 5.79 Å². The zero-order valence-electron chi connectivity index (χ0n) is 25.1. The number of ether oxygens (including phenoxy) is 3. The maximum atomic E-state index is 13.5. The Kier molecular flexibility index (Phi) is 5.83. The minimum atomic E-state index is -1.47. The van der Waals surface area contributed by atoms with Crippen LogP contribution in [-0.2, 0) is 30.8 Å². The fourth-order valence-electron chi connectivity index (χ4n) is 9.28. The molecule has 3 N–H and O–H groups in total. The number of fused-ring (bicyclic) bond motifs is 9. The van der Waals surface area contributed by atoms with E-state index in [-0.39, 0.29) is 30.0 Å². The number of benzene rings is 1. The van der Waals surface area contributed by atoms with E-state index in [4.69, 9.17) is 14.2 Å². The van der Waals surface area contributed by atoms with E-state index in [1.807, 2.05) is 26.8 Å². The number of aromatic amines is 1. The van der Waals surface area contributed by atoms with Crippen molar-refractivity contribution >= 4 is 22.5 Å². The van der Waals surface area contributed by atoms with Gasteiger partial charge in [0.25, 0.3) is 0 Å². The van der Waals surface area contributed by atoms with Crippen LogP contribution in [0, 0.1) is 11.3 Å². The molecule has 1 spiro atoms. The van der Waals surface area contributed by atoms with Gasteiger partial charge in [0.2, 0.25) is 5.91 Å². The van der Waals surface area contributed by atoms with Crippen LogP contribution in [0.25, 0.3) is 10.9 Å². The molecule has 7 rings (SSSR count). The molecular weight excluding hydrogens is 518 g/mol. The van der Waals surface area contributed by atoms with Gasteiger partial charge in [0, 0.05) is 53.0 Å². The van der Waals surface area contributed by atoms with Gasteiger partial charge >= 0.3 is 0 Å². The largest absolute Gasteiger partial charge is 0.382 e. The lowest BCUT2D eigenvalue weighted by atomic mass is 9.41. The quantitative estimate of drug-likeness (QED) is 0.504. The van der Waals surface area contributed by atoms with Crippen molar-refractivity contribution in [2.24, 2.45) is 16.3 Å². The predicted molar refractivity (Wildman–Crippen MR) is 157 cm³/mol. The average Bonchev–Trinajstić information content (AvgIpc) is 3.53. The highest BCUT2D eigenvalue weighted by Gasteiger charge is 2.77. The first-order valence-corrected chi connectivity index (χ1v) is 15.2. The number of carbonyl (C=O) groups excluding carboxylic acids is 1. The summed E-state index contributed by atoms with van der Waals surface area (Å²) in [5, 5.41) is 17.6. The Morgan fingerprint density at radius 1 is 1.22 bits per heavy atom. The number of amides is 1. The third-order valence-electron chi connectivity index (χ3n) is 11.5. The molecule has 2 saturated carbocycles. The number of nitrogens with one attached hydrogen (secondary N) is 2. The van der Waals surface area contributed by atoms with E-state index in [1.54, 1.807) is 7.05 Å². The fourth-order valence-corrected chi connectivity index (χ4v) is 9.28. The van der Waals surface area contributed by atoms with Crippen molar-refractivity contribution in [3.05, 3.63) is 47.2 Å². The van der Waals surface area contributed by atoms with E-state index in [1.165, 1.54) is 16.6 Å². The first kappa shape index (κ1) is 27.3. The van der Waals surface area contributed by atoms with Gasteiger partial charge in [-0.3, -0.25) is 9.79 Å². The van der Waals surface area contributed by atoms with Crippen molar-refractivity contribution in [1.82, 2.24) is 10.3 Å². The molecule has 8 heteroatoms. The number of hydrogen-bond acceptors (Lipinski definition) is 6. The SMILES string of the molecule is CCCNC(=O)CO[C@H]1CC2Cc3c([nH]c4ccccc34)[C@]2(C)C2(C)CCC34OC(/C(=N/C)C=C3[C@]12O)C(C)(C)O4. The Bertz CT molecular complexity index is 1490. The van der Waals surface area contributed by atoms with E-state index in [0.29, 0.717) is 31.4 Å². The second kappa shape index (κ2) is 8.75. The third-order valence-corrected chi connectivity index (χ3v) is 11.5. The van der Waals surface area contributed by atoms with Crippen molar-refractivity contribution in [3.8, 4) is 0 Å². The maximum Gasteiger partial charge on any atom is 0.246 e. The second-order valence-electron chi connectivity index (χ2n) is 13.8. The molecule has 2 aliphatic heterocycles. The van der Waals surface area contributed by atoms with E-state index in [2.05, 4.69) is 53.4 Å². The normalized spacial score (nSPS) is 41.0. The number of carbonyl (C=O) groups is 1. The topological polar surface area (TPSA) is 105 Å². The molecule has 2 aromatic rings. The van der Waals surface area contributed by atoms with Gasteiger partial charge in [0.1, 0.15) is 18.3 Å². The van der Waals surface area contributed by atoms with E-state index >= 15 is 0 Å². The molecule has 8 nitrogen and oxygen atoms in total. The van der Waals surface area contributed by atoms with Gasteiger partial charge in [-0.2, -0.15) is 0 Å². The number of hydrogen-bond donors (Lipinski definition) is 3. The molecule has 4 unspecified atom stereocenters. The zero-order chi connectivity index (χ0) is 29.0. The smallest absolute Gasteiger partial charge is 0.246 e. The number of aliphatic imine (C=N–C) groups is 1. The lowest BCUT2D eigenvalue weighted by Crippen LogP contribution is -2.75. The number of aromatic nitrogens is 1. The van der Waals surface area contributed by atoms with Crippen molar-refractivity contribution in [2.45, 2.75) is 101 Å². The van der Waals surface area contributed by atoms with Gasteiger partial charge in [-0.25, -0.2) is 0 Å². The summed E-state index contributed by atoms with van der Waals surface area (Å²) in [7, 11) is 1.77. The van der Waals surface area contributed by atoms with Crippen LogP contribution in [-0.4, -0.2) is 71.1 Å². The van der Waals surface area contributed by atoms with Gasteiger partial charge in [-0.15, -0.1) is 0 Å². The number of nitrogens with zero attached hydrogens (tertiary/aromatic N) is 1. The van der Waals surface area contributed by atoms with Crippen molar-refractivity contribution in [3.63, 3.8) is 0 Å². The summed E-state index contributed by atoms with van der Waals surface area (Å²) >= 11 is 0. The van der Waals surface area contributed by atoms with Crippen LogP contribution in [0.5, 0.6) is 0 Å². The van der Waals surface area contributed by atoms with Crippen LogP contribution >= 0.6 is 0 Å². The number of H-pyrrole nitrogens is 1. The first-order chi connectivity index (χ1) is 19.4. The monoisotopic (exact) mass is 561 g/mol. The number of aliphatic hydroxyl groups is 1. The number of para-hydroxylation sites is 1. The molecule has 3 aliphatic carbocycles. The lowest BCUT2D eigenvalue weighted by molar-refractivity contribution is -0.278. The highest BCUT2D eigenvalue weighted by molar-refractivity contribution is 6.02. The summed E-state index contributed by atoms with van der Waals surface area (Å²) in [5.41, 5.74) is 2.03. The summed E-state index contributed by atoms with van der Waals surface area (Å²) in [4.78, 5) is 21.1. The van der Waals surface area contributed by atoms with Crippen LogP contribution in [0.1, 0.15) is 71.6 Å². The highest BCUT2D eigenvalue weighted by atomic mass is 16.8. The number of rotatable bonds is 5. The van der Waals surface area contributed by atoms with Gasteiger partial charge in [0.05, 0.1) is 17.4 Å². The molecule has 7 atom stereocenters. The average molecular weight is 562 g/mol. The first-order valence-electron chi connectivity index (χ1n) is 15.2. The molecule has 3 fully saturated rings. The lowest BCUT2D eigenvalue weighted by Gasteiger charge is -2.67. The van der Waals surface area contributed by atoms with Crippen LogP contribution in [0.4, 0.5) is 0 Å². The Morgan fingerprint density at radius 3 is 2.76 bits per heavy atom. The molecule has 5 aliphatic rings. The van der Waals surface area contributed by atoms with E-state index in [9.17, 15) is 9.90 Å². The molecule has 220 valence electrons. The molecule has 2 bridgehead atoms. The van der Waals surface area contributed by atoms with Crippen LogP contribution < -0.4 is 5.32 Å². The van der Waals surface area contributed by atoms with Crippen LogP contribution in [0.2, 0.25) is 0 Å². The minimum absolute atomic E-state index is 0.106. The molecule has 1 saturated heterocycles. The summed E-state index contributed by atoms with van der Waals surface area (Å²) in [6.45, 7) is 11.1. The van der Waals surface area contributed by atoms with Crippen LogP contribution in [0.15, 0.2) is 40.9 Å². The molecule has 41 heavy (non-hydrogen) atoms. The zero-order valence-corrected chi connectivity index (χ0v) is 25.1.